The number of imidazole rings is 1. The average molecular weight is 321 g/mol. The summed E-state index contributed by atoms with van der Waals surface area (Å²) in [6.45, 7) is 1.92. The SMILES string of the molecule is COC(=O)C(CCCCn1cnc2cnc(N)nc21)OC(C)=O. The largest absolute Gasteiger partial charge is 0.466 e. The second-order valence-corrected chi connectivity index (χ2v) is 4.99. The van der Waals surface area contributed by atoms with Crippen LogP contribution in [0.25, 0.3) is 11.2 Å². The highest BCUT2D eigenvalue weighted by molar-refractivity contribution is 5.78. The molecule has 1 unspecified atom stereocenters. The predicted octanol–water partition coefficient (Wildman–Crippen LogP) is 0.683. The molecule has 2 aromatic heterocycles. The van der Waals surface area contributed by atoms with Crippen LogP contribution in [-0.4, -0.2) is 44.7 Å². The van der Waals surface area contributed by atoms with Crippen LogP contribution >= 0.6 is 0 Å². The van der Waals surface area contributed by atoms with E-state index in [1.807, 2.05) is 4.57 Å². The molecule has 2 aromatic rings. The first-order chi connectivity index (χ1) is 11.0. The van der Waals surface area contributed by atoms with E-state index < -0.39 is 18.0 Å². The molecule has 0 saturated carbocycles. The number of unbranched alkanes of at least 4 members (excludes halogenated alkanes) is 1. The van der Waals surface area contributed by atoms with E-state index in [-0.39, 0.29) is 5.95 Å². The third kappa shape index (κ3) is 4.38. The van der Waals surface area contributed by atoms with E-state index in [4.69, 9.17) is 10.5 Å². The Morgan fingerprint density at radius 2 is 2.13 bits per heavy atom. The highest BCUT2D eigenvalue weighted by Gasteiger charge is 2.21. The molecule has 0 aliphatic rings. The quantitative estimate of drug-likeness (QED) is 0.583. The number of carbonyl (C=O) groups is 2. The normalized spacial score (nSPS) is 12.1. The lowest BCUT2D eigenvalue weighted by Gasteiger charge is -2.14. The van der Waals surface area contributed by atoms with Crippen molar-refractivity contribution >= 4 is 29.1 Å². The van der Waals surface area contributed by atoms with Crippen LogP contribution in [0, 0.1) is 0 Å². The molecular weight excluding hydrogens is 302 g/mol. The third-order valence-corrected chi connectivity index (χ3v) is 3.26. The van der Waals surface area contributed by atoms with E-state index >= 15 is 0 Å². The second-order valence-electron chi connectivity index (χ2n) is 4.99. The van der Waals surface area contributed by atoms with Crippen LogP contribution in [0.2, 0.25) is 0 Å². The Labute approximate surface area is 132 Å². The van der Waals surface area contributed by atoms with Gasteiger partial charge >= 0.3 is 11.9 Å². The molecule has 2 rings (SSSR count). The zero-order chi connectivity index (χ0) is 16.8. The van der Waals surface area contributed by atoms with Crippen LogP contribution in [0.1, 0.15) is 26.2 Å². The van der Waals surface area contributed by atoms with Crippen molar-refractivity contribution in [3.05, 3.63) is 12.5 Å². The maximum atomic E-state index is 11.5. The van der Waals surface area contributed by atoms with Crippen molar-refractivity contribution in [2.45, 2.75) is 38.8 Å². The van der Waals surface area contributed by atoms with Crippen molar-refractivity contribution in [3.63, 3.8) is 0 Å². The van der Waals surface area contributed by atoms with Crippen molar-refractivity contribution in [1.29, 1.82) is 0 Å². The molecule has 0 saturated heterocycles. The maximum absolute atomic E-state index is 11.5. The number of nitrogens with two attached hydrogens (primary N) is 1. The average Bonchev–Trinajstić information content (AvgIpc) is 2.91. The number of ether oxygens (including phenoxy) is 2. The van der Waals surface area contributed by atoms with Crippen molar-refractivity contribution in [2.75, 3.05) is 12.8 Å². The first-order valence-electron chi connectivity index (χ1n) is 7.19. The summed E-state index contributed by atoms with van der Waals surface area (Å²) < 4.78 is 11.4. The van der Waals surface area contributed by atoms with Gasteiger partial charge in [-0.15, -0.1) is 0 Å². The van der Waals surface area contributed by atoms with E-state index in [0.717, 1.165) is 6.42 Å². The zero-order valence-electron chi connectivity index (χ0n) is 13.1. The van der Waals surface area contributed by atoms with Gasteiger partial charge in [-0.05, 0) is 19.3 Å². The molecule has 2 heterocycles. The Hall–Kier alpha value is -2.71. The number of carbonyl (C=O) groups excluding carboxylic acids is 2. The van der Waals surface area contributed by atoms with Crippen LogP contribution in [0.15, 0.2) is 12.5 Å². The second kappa shape index (κ2) is 7.52. The summed E-state index contributed by atoms with van der Waals surface area (Å²) >= 11 is 0. The zero-order valence-corrected chi connectivity index (χ0v) is 13.1. The van der Waals surface area contributed by atoms with Gasteiger partial charge in [0.2, 0.25) is 5.95 Å². The van der Waals surface area contributed by atoms with Crippen LogP contribution in [0.5, 0.6) is 0 Å². The Bertz CT molecular complexity index is 700. The number of nitrogens with zero attached hydrogens (tertiary/aromatic N) is 4. The summed E-state index contributed by atoms with van der Waals surface area (Å²) in [5, 5.41) is 0. The van der Waals surface area contributed by atoms with Gasteiger partial charge in [0.15, 0.2) is 11.8 Å². The summed E-state index contributed by atoms with van der Waals surface area (Å²) in [6.07, 6.45) is 4.20. The lowest BCUT2D eigenvalue weighted by atomic mass is 10.1. The fourth-order valence-electron chi connectivity index (χ4n) is 2.20. The summed E-state index contributed by atoms with van der Waals surface area (Å²) in [7, 11) is 1.26. The summed E-state index contributed by atoms with van der Waals surface area (Å²) in [5.74, 6) is -0.859. The standard InChI is InChI=1S/C14H19N5O4/c1-9(20)23-11(13(21)22-2)5-3-4-6-19-8-17-10-7-16-14(15)18-12(10)19/h7-8,11H,3-6H2,1-2H3,(H2,15,16,18). The molecule has 0 fully saturated rings. The molecule has 0 aliphatic carbocycles. The van der Waals surface area contributed by atoms with E-state index in [0.29, 0.717) is 30.6 Å². The topological polar surface area (TPSA) is 122 Å². The van der Waals surface area contributed by atoms with E-state index in [1.54, 1.807) is 12.5 Å². The third-order valence-electron chi connectivity index (χ3n) is 3.26. The van der Waals surface area contributed by atoms with Crippen molar-refractivity contribution in [1.82, 2.24) is 19.5 Å². The number of anilines is 1. The Kier molecular flexibility index (Phi) is 5.45. The molecule has 23 heavy (non-hydrogen) atoms. The summed E-state index contributed by atoms with van der Waals surface area (Å²) in [5.41, 5.74) is 6.92. The first kappa shape index (κ1) is 16.7. The van der Waals surface area contributed by atoms with Gasteiger partial charge in [0.25, 0.3) is 0 Å². The molecule has 9 heteroatoms. The molecule has 1 atom stereocenters. The fourth-order valence-corrected chi connectivity index (χ4v) is 2.20. The molecule has 124 valence electrons. The predicted molar refractivity (Wildman–Crippen MR) is 81.2 cm³/mol. The molecule has 0 spiro atoms. The number of aryl methyl sites for hydroxylation is 1. The Balaban J connectivity index is 1.89. The van der Waals surface area contributed by atoms with Crippen molar-refractivity contribution in [2.24, 2.45) is 0 Å². The fraction of sp³-hybridized carbons (Fsp3) is 0.500. The molecule has 9 nitrogen and oxygen atoms in total. The van der Waals surface area contributed by atoms with Crippen LogP contribution in [0.4, 0.5) is 5.95 Å². The highest BCUT2D eigenvalue weighted by atomic mass is 16.6. The number of hydrogen-bond acceptors (Lipinski definition) is 8. The van der Waals surface area contributed by atoms with Gasteiger partial charge in [-0.1, -0.05) is 0 Å². The van der Waals surface area contributed by atoms with Crippen LogP contribution in [0.3, 0.4) is 0 Å². The number of methoxy groups -OCH3 is 1. The van der Waals surface area contributed by atoms with Crippen molar-refractivity contribution in [3.8, 4) is 0 Å². The lowest BCUT2D eigenvalue weighted by molar-refractivity contribution is -0.165. The van der Waals surface area contributed by atoms with Gasteiger partial charge in [0.1, 0.15) is 5.52 Å². The van der Waals surface area contributed by atoms with Gasteiger partial charge in [-0.25, -0.2) is 14.8 Å². The molecule has 0 aliphatic heterocycles. The van der Waals surface area contributed by atoms with Gasteiger partial charge in [-0.3, -0.25) is 4.79 Å². The number of rotatable bonds is 7. The number of hydrogen-bond donors (Lipinski definition) is 1. The molecule has 2 N–H and O–H groups in total. The van der Waals surface area contributed by atoms with Gasteiger partial charge in [0.05, 0.1) is 19.6 Å². The van der Waals surface area contributed by atoms with Crippen LogP contribution < -0.4 is 5.73 Å². The lowest BCUT2D eigenvalue weighted by Crippen LogP contribution is -2.27. The number of nitrogen functional groups attached to an aromatic ring is 1. The van der Waals surface area contributed by atoms with E-state index in [2.05, 4.69) is 19.7 Å². The minimum Gasteiger partial charge on any atom is -0.466 e. The minimum absolute atomic E-state index is 0.194. The van der Waals surface area contributed by atoms with E-state index in [1.165, 1.54) is 14.0 Å². The van der Waals surface area contributed by atoms with E-state index in [9.17, 15) is 9.59 Å². The van der Waals surface area contributed by atoms with Gasteiger partial charge in [-0.2, -0.15) is 4.98 Å². The Morgan fingerprint density at radius 3 is 2.83 bits per heavy atom. The van der Waals surface area contributed by atoms with Gasteiger partial charge < -0.3 is 19.8 Å². The number of esters is 2. The molecule has 0 aromatic carbocycles. The molecule has 0 amide bonds. The molecule has 0 radical (unpaired) electrons. The molecular formula is C14H19N5O4. The minimum atomic E-state index is -0.866. The number of aromatic nitrogens is 4. The monoisotopic (exact) mass is 321 g/mol. The Morgan fingerprint density at radius 1 is 1.35 bits per heavy atom. The highest BCUT2D eigenvalue weighted by Crippen LogP contribution is 2.13. The summed E-state index contributed by atoms with van der Waals surface area (Å²) in [6, 6.07) is 0. The van der Waals surface area contributed by atoms with Crippen LogP contribution in [-0.2, 0) is 25.6 Å². The number of fused-ring (bicyclic) bond motifs is 1. The smallest absolute Gasteiger partial charge is 0.347 e. The summed E-state index contributed by atoms with van der Waals surface area (Å²) in [4.78, 5) is 34.8. The van der Waals surface area contributed by atoms with Gasteiger partial charge in [0, 0.05) is 13.5 Å². The molecule has 0 bridgehead atoms. The maximum Gasteiger partial charge on any atom is 0.347 e. The van der Waals surface area contributed by atoms with Crippen molar-refractivity contribution < 1.29 is 19.1 Å². The first-order valence-corrected chi connectivity index (χ1v) is 7.19.